The van der Waals surface area contributed by atoms with Crippen molar-refractivity contribution >= 4 is 10.0 Å². The Hall–Kier alpha value is -0.390. The van der Waals surface area contributed by atoms with Crippen molar-refractivity contribution in [2.24, 2.45) is 11.1 Å². The van der Waals surface area contributed by atoms with Gasteiger partial charge in [-0.05, 0) is 18.4 Å². The van der Waals surface area contributed by atoms with Crippen LogP contribution in [0.5, 0.6) is 0 Å². The number of hydrogen-bond donors (Lipinski definition) is 1. The zero-order valence-electron chi connectivity index (χ0n) is 9.86. The zero-order valence-corrected chi connectivity index (χ0v) is 10.7. The Morgan fingerprint density at radius 2 is 2.00 bits per heavy atom. The van der Waals surface area contributed by atoms with Gasteiger partial charge in [0, 0.05) is 13.6 Å². The van der Waals surface area contributed by atoms with Gasteiger partial charge in [0.2, 0.25) is 10.0 Å². The van der Waals surface area contributed by atoms with Gasteiger partial charge in [0.1, 0.15) is 0 Å². The van der Waals surface area contributed by atoms with Gasteiger partial charge in [-0.25, -0.2) is 12.7 Å². The average molecular weight is 234 g/mol. The number of nitrogens with two attached hydrogens (primary N) is 1. The van der Waals surface area contributed by atoms with Crippen LogP contribution in [0.4, 0.5) is 0 Å². The van der Waals surface area contributed by atoms with Gasteiger partial charge in [0.15, 0.2) is 0 Å². The van der Waals surface area contributed by atoms with E-state index in [-0.39, 0.29) is 11.2 Å². The molecule has 0 bridgehead atoms. The van der Waals surface area contributed by atoms with Crippen molar-refractivity contribution in [1.29, 1.82) is 0 Å². The first-order valence-electron chi connectivity index (χ1n) is 5.00. The van der Waals surface area contributed by atoms with Crippen LogP contribution in [0.1, 0.15) is 20.3 Å². The maximum atomic E-state index is 11.7. The number of nitrogens with zero attached hydrogens (tertiary/aromatic N) is 1. The minimum absolute atomic E-state index is 0.119. The molecule has 90 valence electrons. The Kier molecular flexibility index (Phi) is 5.48. The lowest BCUT2D eigenvalue weighted by Crippen LogP contribution is -2.40. The summed E-state index contributed by atoms with van der Waals surface area (Å²) in [6.07, 6.45) is 2.09. The molecule has 0 aliphatic heterocycles. The van der Waals surface area contributed by atoms with Crippen LogP contribution in [-0.2, 0) is 10.0 Å². The summed E-state index contributed by atoms with van der Waals surface area (Å²) < 4.78 is 24.8. The van der Waals surface area contributed by atoms with Crippen molar-refractivity contribution in [1.82, 2.24) is 4.31 Å². The van der Waals surface area contributed by atoms with Crippen LogP contribution in [0.2, 0.25) is 0 Å². The first kappa shape index (κ1) is 14.6. The number of hydrogen-bond acceptors (Lipinski definition) is 3. The molecular weight excluding hydrogens is 212 g/mol. The second-order valence-electron chi connectivity index (χ2n) is 4.52. The lowest BCUT2D eigenvalue weighted by molar-refractivity contribution is 0.292. The van der Waals surface area contributed by atoms with Crippen LogP contribution in [0.15, 0.2) is 12.7 Å². The van der Waals surface area contributed by atoms with E-state index >= 15 is 0 Å². The third-order valence-electron chi connectivity index (χ3n) is 2.26. The minimum Gasteiger partial charge on any atom is -0.330 e. The molecule has 0 amide bonds. The largest absolute Gasteiger partial charge is 0.330 e. The zero-order chi connectivity index (χ0) is 12.1. The fourth-order valence-corrected chi connectivity index (χ4v) is 2.48. The van der Waals surface area contributed by atoms with Crippen LogP contribution in [-0.4, -0.2) is 38.6 Å². The van der Waals surface area contributed by atoms with E-state index in [1.165, 1.54) is 4.31 Å². The van der Waals surface area contributed by atoms with Gasteiger partial charge in [-0.3, -0.25) is 0 Å². The molecular formula is C10H22N2O2S. The fraction of sp³-hybridized carbons (Fsp3) is 0.800. The first-order chi connectivity index (χ1) is 6.75. The summed E-state index contributed by atoms with van der Waals surface area (Å²) >= 11 is 0. The molecule has 0 aliphatic rings. The predicted octanol–water partition coefficient (Wildman–Crippen LogP) is 0.809. The van der Waals surface area contributed by atoms with Gasteiger partial charge in [-0.15, -0.1) is 6.58 Å². The molecule has 0 saturated heterocycles. The summed E-state index contributed by atoms with van der Waals surface area (Å²) in [5, 5.41) is 0. The van der Waals surface area contributed by atoms with Crippen molar-refractivity contribution < 1.29 is 8.42 Å². The highest BCUT2D eigenvalue weighted by atomic mass is 32.2. The minimum atomic E-state index is -3.16. The average Bonchev–Trinajstić information content (AvgIpc) is 2.14. The van der Waals surface area contributed by atoms with Gasteiger partial charge in [0.05, 0.1) is 5.75 Å². The Balaban J connectivity index is 4.44. The third-order valence-corrected chi connectivity index (χ3v) is 4.09. The number of allylic oxidation sites excluding steroid dienone is 1. The van der Waals surface area contributed by atoms with E-state index < -0.39 is 10.0 Å². The number of sulfonamides is 1. The topological polar surface area (TPSA) is 63.4 Å². The summed E-state index contributed by atoms with van der Waals surface area (Å²) in [5.41, 5.74) is 5.38. The second kappa shape index (κ2) is 5.63. The van der Waals surface area contributed by atoms with Crippen LogP contribution >= 0.6 is 0 Å². The third kappa shape index (κ3) is 5.30. The standard InChI is InChI=1S/C10H22N2O2S/c1-5-6-7-15(13,14)12(4)9-10(2,3)8-11/h5H,1,6-9,11H2,2-4H3. The molecule has 0 aromatic heterocycles. The van der Waals surface area contributed by atoms with E-state index in [0.29, 0.717) is 19.5 Å². The predicted molar refractivity (Wildman–Crippen MR) is 64.1 cm³/mol. The summed E-state index contributed by atoms with van der Waals surface area (Å²) in [5.74, 6) is 0.119. The van der Waals surface area contributed by atoms with E-state index in [9.17, 15) is 8.42 Å². The summed E-state index contributed by atoms with van der Waals surface area (Å²) in [6.45, 7) is 8.33. The van der Waals surface area contributed by atoms with E-state index in [2.05, 4.69) is 6.58 Å². The quantitative estimate of drug-likeness (QED) is 0.663. The molecule has 0 fully saturated rings. The van der Waals surface area contributed by atoms with Crippen LogP contribution < -0.4 is 5.73 Å². The maximum absolute atomic E-state index is 11.7. The maximum Gasteiger partial charge on any atom is 0.214 e. The Morgan fingerprint density at radius 3 is 2.40 bits per heavy atom. The Morgan fingerprint density at radius 1 is 1.47 bits per heavy atom. The summed E-state index contributed by atoms with van der Waals surface area (Å²) in [4.78, 5) is 0. The highest BCUT2D eigenvalue weighted by molar-refractivity contribution is 7.89. The van der Waals surface area contributed by atoms with E-state index in [1.807, 2.05) is 13.8 Å². The molecule has 0 spiro atoms. The number of rotatable bonds is 7. The highest BCUT2D eigenvalue weighted by Crippen LogP contribution is 2.16. The smallest absolute Gasteiger partial charge is 0.214 e. The molecule has 0 unspecified atom stereocenters. The molecule has 4 nitrogen and oxygen atoms in total. The highest BCUT2D eigenvalue weighted by Gasteiger charge is 2.24. The molecule has 0 rings (SSSR count). The first-order valence-corrected chi connectivity index (χ1v) is 6.61. The molecule has 5 heteroatoms. The van der Waals surface area contributed by atoms with Gasteiger partial charge >= 0.3 is 0 Å². The van der Waals surface area contributed by atoms with Gasteiger partial charge in [0.25, 0.3) is 0 Å². The van der Waals surface area contributed by atoms with Crippen LogP contribution in [0.25, 0.3) is 0 Å². The summed E-state index contributed by atoms with van der Waals surface area (Å²) in [6, 6.07) is 0. The van der Waals surface area contributed by atoms with Crippen LogP contribution in [0.3, 0.4) is 0 Å². The van der Waals surface area contributed by atoms with Crippen LogP contribution in [0, 0.1) is 5.41 Å². The lowest BCUT2D eigenvalue weighted by Gasteiger charge is -2.28. The van der Waals surface area contributed by atoms with Crippen molar-refractivity contribution in [2.75, 3.05) is 25.9 Å². The van der Waals surface area contributed by atoms with Crippen molar-refractivity contribution in [3.05, 3.63) is 12.7 Å². The molecule has 0 aliphatic carbocycles. The summed E-state index contributed by atoms with van der Waals surface area (Å²) in [7, 11) is -1.57. The molecule has 0 aromatic carbocycles. The van der Waals surface area contributed by atoms with E-state index in [0.717, 1.165) is 0 Å². The van der Waals surface area contributed by atoms with E-state index in [4.69, 9.17) is 5.73 Å². The van der Waals surface area contributed by atoms with Crippen molar-refractivity contribution in [3.8, 4) is 0 Å². The fourth-order valence-electron chi connectivity index (χ4n) is 1.15. The molecule has 15 heavy (non-hydrogen) atoms. The van der Waals surface area contributed by atoms with Gasteiger partial charge in [-0.1, -0.05) is 19.9 Å². The lowest BCUT2D eigenvalue weighted by atomic mass is 9.94. The molecule has 0 saturated carbocycles. The molecule has 0 radical (unpaired) electrons. The monoisotopic (exact) mass is 234 g/mol. The Bertz CT molecular complexity index is 297. The molecule has 2 N–H and O–H groups in total. The van der Waals surface area contributed by atoms with Crippen molar-refractivity contribution in [2.45, 2.75) is 20.3 Å². The molecule has 0 aromatic rings. The SMILES string of the molecule is C=CCCS(=O)(=O)N(C)CC(C)(C)CN. The molecule has 0 atom stereocenters. The normalized spacial score (nSPS) is 13.1. The van der Waals surface area contributed by atoms with Gasteiger partial charge < -0.3 is 5.73 Å². The second-order valence-corrected chi connectivity index (χ2v) is 6.71. The van der Waals surface area contributed by atoms with Gasteiger partial charge in [-0.2, -0.15) is 0 Å². The van der Waals surface area contributed by atoms with E-state index in [1.54, 1.807) is 13.1 Å². The Labute approximate surface area is 93.2 Å². The molecule has 0 heterocycles. The van der Waals surface area contributed by atoms with Crippen molar-refractivity contribution in [3.63, 3.8) is 0 Å².